The van der Waals surface area contributed by atoms with Gasteiger partial charge in [0, 0.05) is 24.5 Å². The molecular weight excluding hydrogens is 396 g/mol. The highest BCUT2D eigenvalue weighted by Crippen LogP contribution is 2.31. The van der Waals surface area contributed by atoms with E-state index in [0.717, 1.165) is 22.9 Å². The molecule has 1 aliphatic heterocycles. The fourth-order valence-corrected chi connectivity index (χ4v) is 3.69. The van der Waals surface area contributed by atoms with Crippen molar-refractivity contribution in [1.29, 1.82) is 0 Å². The molecule has 3 rings (SSSR count). The summed E-state index contributed by atoms with van der Waals surface area (Å²) in [5, 5.41) is 3.10. The Morgan fingerprint density at radius 2 is 1.79 bits per heavy atom. The molecule has 3 amide bonds. The van der Waals surface area contributed by atoms with Gasteiger partial charge in [0.05, 0.1) is 4.91 Å². The van der Waals surface area contributed by atoms with E-state index in [1.54, 1.807) is 18.2 Å². The average Bonchev–Trinajstić information content (AvgIpc) is 2.95. The quantitative estimate of drug-likeness (QED) is 0.692. The number of carbonyl (C=O) groups is 3. The van der Waals surface area contributed by atoms with E-state index in [0.29, 0.717) is 22.8 Å². The van der Waals surface area contributed by atoms with Crippen LogP contribution >= 0.6 is 23.4 Å². The van der Waals surface area contributed by atoms with Crippen LogP contribution < -0.4 is 5.32 Å². The molecule has 1 N–H and O–H groups in total. The zero-order valence-electron chi connectivity index (χ0n) is 15.1. The van der Waals surface area contributed by atoms with Crippen molar-refractivity contribution in [2.75, 3.05) is 13.1 Å². The van der Waals surface area contributed by atoms with E-state index in [1.807, 2.05) is 42.5 Å². The van der Waals surface area contributed by atoms with Gasteiger partial charge in [-0.2, -0.15) is 0 Å². The summed E-state index contributed by atoms with van der Waals surface area (Å²) >= 11 is 6.76. The standard InChI is InChI=1S/C21H19ClN2O3S/c22-17-9-6-15(7-10-17)8-11-19(25)23-12-13-24-20(26)18(28-21(24)27)14-16-4-2-1-3-5-16/h1-7,9-10,14H,8,11-13H2,(H,23,25)/b18-14-. The summed E-state index contributed by atoms with van der Waals surface area (Å²) in [5.74, 6) is -0.448. The fourth-order valence-electron chi connectivity index (χ4n) is 2.70. The van der Waals surface area contributed by atoms with Gasteiger partial charge < -0.3 is 5.32 Å². The highest BCUT2D eigenvalue weighted by molar-refractivity contribution is 8.18. The van der Waals surface area contributed by atoms with E-state index in [9.17, 15) is 14.4 Å². The maximum absolute atomic E-state index is 12.4. The number of nitrogens with zero attached hydrogens (tertiary/aromatic N) is 1. The van der Waals surface area contributed by atoms with Gasteiger partial charge in [-0.3, -0.25) is 19.3 Å². The first kappa shape index (κ1) is 20.2. The van der Waals surface area contributed by atoms with Crippen LogP contribution in [0.2, 0.25) is 5.02 Å². The summed E-state index contributed by atoms with van der Waals surface area (Å²) in [6, 6.07) is 16.7. The van der Waals surface area contributed by atoms with Crippen molar-refractivity contribution >= 4 is 46.5 Å². The van der Waals surface area contributed by atoms with Crippen molar-refractivity contribution in [1.82, 2.24) is 10.2 Å². The number of aryl methyl sites for hydroxylation is 1. The van der Waals surface area contributed by atoms with Gasteiger partial charge in [-0.1, -0.05) is 54.1 Å². The van der Waals surface area contributed by atoms with Crippen LogP contribution in [0.1, 0.15) is 17.5 Å². The number of carbonyl (C=O) groups excluding carboxylic acids is 3. The third-order valence-electron chi connectivity index (χ3n) is 4.18. The van der Waals surface area contributed by atoms with Crippen molar-refractivity contribution in [3.63, 3.8) is 0 Å². The SMILES string of the molecule is O=C(CCc1ccc(Cl)cc1)NCCN1C(=O)S/C(=C\c2ccccc2)C1=O. The monoisotopic (exact) mass is 414 g/mol. The van der Waals surface area contributed by atoms with E-state index in [-0.39, 0.29) is 30.1 Å². The predicted octanol–water partition coefficient (Wildman–Crippen LogP) is 4.13. The first-order chi connectivity index (χ1) is 13.5. The van der Waals surface area contributed by atoms with Crippen LogP contribution in [0.15, 0.2) is 59.5 Å². The van der Waals surface area contributed by atoms with Crippen molar-refractivity contribution in [3.8, 4) is 0 Å². The Morgan fingerprint density at radius 3 is 2.50 bits per heavy atom. The van der Waals surface area contributed by atoms with E-state index in [4.69, 9.17) is 11.6 Å². The zero-order valence-corrected chi connectivity index (χ0v) is 16.6. The number of amides is 3. The number of hydrogen-bond donors (Lipinski definition) is 1. The Morgan fingerprint density at radius 1 is 1.07 bits per heavy atom. The Bertz CT molecular complexity index is 898. The van der Waals surface area contributed by atoms with E-state index in [1.165, 1.54) is 4.90 Å². The Balaban J connectivity index is 1.46. The number of nitrogens with one attached hydrogen (secondary N) is 1. The predicted molar refractivity (Wildman–Crippen MR) is 112 cm³/mol. The van der Waals surface area contributed by atoms with Crippen LogP contribution in [-0.2, 0) is 16.0 Å². The van der Waals surface area contributed by atoms with Gasteiger partial charge in [0.2, 0.25) is 5.91 Å². The van der Waals surface area contributed by atoms with Crippen LogP contribution in [0.3, 0.4) is 0 Å². The number of benzene rings is 2. The minimum atomic E-state index is -0.325. The van der Waals surface area contributed by atoms with Crippen molar-refractivity contribution in [2.45, 2.75) is 12.8 Å². The number of hydrogen-bond acceptors (Lipinski definition) is 4. The number of thioether (sulfide) groups is 1. The van der Waals surface area contributed by atoms with Crippen molar-refractivity contribution < 1.29 is 14.4 Å². The first-order valence-electron chi connectivity index (χ1n) is 8.84. The maximum atomic E-state index is 12.4. The number of halogens is 1. The molecule has 0 aromatic heterocycles. The molecular formula is C21H19ClN2O3S. The van der Waals surface area contributed by atoms with Crippen LogP contribution in [0.5, 0.6) is 0 Å². The number of imide groups is 1. The summed E-state index contributed by atoms with van der Waals surface area (Å²) in [4.78, 5) is 38.1. The molecule has 0 spiro atoms. The third kappa shape index (κ3) is 5.47. The molecule has 2 aromatic rings. The van der Waals surface area contributed by atoms with Crippen LogP contribution in [0, 0.1) is 0 Å². The maximum Gasteiger partial charge on any atom is 0.293 e. The lowest BCUT2D eigenvalue weighted by molar-refractivity contribution is -0.124. The van der Waals surface area contributed by atoms with E-state index < -0.39 is 0 Å². The van der Waals surface area contributed by atoms with Crippen molar-refractivity contribution in [2.24, 2.45) is 0 Å². The highest BCUT2D eigenvalue weighted by Gasteiger charge is 2.34. The van der Waals surface area contributed by atoms with Crippen LogP contribution in [0.4, 0.5) is 4.79 Å². The fraction of sp³-hybridized carbons (Fsp3) is 0.190. The van der Waals surface area contributed by atoms with Gasteiger partial charge in [-0.05, 0) is 47.5 Å². The van der Waals surface area contributed by atoms with Gasteiger partial charge in [-0.15, -0.1) is 0 Å². The Kier molecular flexibility index (Phi) is 6.90. The normalized spacial score (nSPS) is 15.3. The van der Waals surface area contributed by atoms with Gasteiger partial charge in [0.15, 0.2) is 0 Å². The number of rotatable bonds is 7. The summed E-state index contributed by atoms with van der Waals surface area (Å²) in [7, 11) is 0. The van der Waals surface area contributed by atoms with Gasteiger partial charge >= 0.3 is 0 Å². The molecule has 0 radical (unpaired) electrons. The topological polar surface area (TPSA) is 66.5 Å². The molecule has 7 heteroatoms. The summed E-state index contributed by atoms with van der Waals surface area (Å²) < 4.78 is 0. The molecule has 0 saturated carbocycles. The molecule has 1 saturated heterocycles. The lowest BCUT2D eigenvalue weighted by atomic mass is 10.1. The second-order valence-corrected chi connectivity index (χ2v) is 7.65. The lowest BCUT2D eigenvalue weighted by Gasteiger charge is -2.13. The second kappa shape index (κ2) is 9.57. The highest BCUT2D eigenvalue weighted by atomic mass is 35.5. The van der Waals surface area contributed by atoms with E-state index >= 15 is 0 Å². The Hall–Kier alpha value is -2.57. The zero-order chi connectivity index (χ0) is 19.9. The molecule has 1 heterocycles. The molecule has 2 aromatic carbocycles. The Labute approximate surface area is 172 Å². The lowest BCUT2D eigenvalue weighted by Crippen LogP contribution is -2.37. The van der Waals surface area contributed by atoms with Gasteiger partial charge in [0.25, 0.3) is 11.1 Å². The largest absolute Gasteiger partial charge is 0.354 e. The molecule has 144 valence electrons. The van der Waals surface area contributed by atoms with Crippen LogP contribution in [0.25, 0.3) is 6.08 Å². The molecule has 28 heavy (non-hydrogen) atoms. The molecule has 0 aliphatic carbocycles. The average molecular weight is 415 g/mol. The molecule has 0 unspecified atom stereocenters. The summed E-state index contributed by atoms with van der Waals surface area (Å²) in [6.45, 7) is 0.388. The molecule has 0 bridgehead atoms. The second-order valence-electron chi connectivity index (χ2n) is 6.22. The minimum Gasteiger partial charge on any atom is -0.354 e. The minimum absolute atomic E-state index is 0.123. The van der Waals surface area contributed by atoms with E-state index in [2.05, 4.69) is 5.32 Å². The molecule has 1 aliphatic rings. The third-order valence-corrected chi connectivity index (χ3v) is 5.34. The van der Waals surface area contributed by atoms with Crippen LogP contribution in [-0.4, -0.2) is 35.0 Å². The van der Waals surface area contributed by atoms with Crippen molar-refractivity contribution in [3.05, 3.63) is 75.7 Å². The molecule has 1 fully saturated rings. The summed E-state index contributed by atoms with van der Waals surface area (Å²) in [6.07, 6.45) is 2.64. The first-order valence-corrected chi connectivity index (χ1v) is 10.0. The summed E-state index contributed by atoms with van der Waals surface area (Å²) in [5.41, 5.74) is 1.89. The molecule has 5 nitrogen and oxygen atoms in total. The smallest absolute Gasteiger partial charge is 0.293 e. The van der Waals surface area contributed by atoms with Gasteiger partial charge in [-0.25, -0.2) is 0 Å². The van der Waals surface area contributed by atoms with Gasteiger partial charge in [0.1, 0.15) is 0 Å². The molecule has 0 atom stereocenters.